The van der Waals surface area contributed by atoms with Crippen LogP contribution < -0.4 is 18.9 Å². The maximum atomic E-state index is 11.3. The fraction of sp³-hybridized carbons (Fsp3) is 0.792. The van der Waals surface area contributed by atoms with Gasteiger partial charge in [0.15, 0.2) is 5.79 Å². The molecule has 2 N–H and O–H groups in total. The zero-order chi connectivity index (χ0) is 20.5. The van der Waals surface area contributed by atoms with Gasteiger partial charge in [-0.2, -0.15) is 0 Å². The Hall–Kier alpha value is -0.753. The number of allylic oxidation sites excluding steroid dienone is 1. The summed E-state index contributed by atoms with van der Waals surface area (Å²) < 4.78 is 12.0. The predicted molar refractivity (Wildman–Crippen MR) is 108 cm³/mol. The molecule has 0 amide bonds. The first-order valence-electron chi connectivity index (χ1n) is 11.2. The number of rotatable bonds is 0. The van der Waals surface area contributed by atoms with E-state index in [4.69, 9.17) is 14.6 Å². The van der Waals surface area contributed by atoms with Crippen molar-refractivity contribution in [2.75, 3.05) is 13.2 Å². The van der Waals surface area contributed by atoms with Crippen molar-refractivity contribution in [3.8, 4) is 11.8 Å². The van der Waals surface area contributed by atoms with Crippen LogP contribution in [0.4, 0.5) is 0 Å². The molecule has 160 valence electrons. The standard InChI is InChI=1S/C24H32O5.Li.H/c1-21-11-12-24(28-13-14-29-24)15-16(21)3-4-17-18(21)5-8-22(2)19(17)6-9-23(22,27)10-7-20(25)26;;/h3,17-19,27H,4-6,8-9,11-15H2,1-2H3,(H,25,26);;/q;+1;-1/t17-,18+,19+,21+,22+,23-;;/m1../s1. The summed E-state index contributed by atoms with van der Waals surface area (Å²) in [6, 6.07) is 0. The van der Waals surface area contributed by atoms with E-state index < -0.39 is 11.6 Å². The molecule has 0 bridgehead atoms. The second-order valence-corrected chi connectivity index (χ2v) is 10.5. The summed E-state index contributed by atoms with van der Waals surface area (Å²) >= 11 is 0. The van der Waals surface area contributed by atoms with Gasteiger partial charge in [0.05, 0.1) is 13.2 Å². The van der Waals surface area contributed by atoms with Crippen LogP contribution in [0.3, 0.4) is 0 Å². The predicted octanol–water partition coefficient (Wildman–Crippen LogP) is 0.628. The summed E-state index contributed by atoms with van der Waals surface area (Å²) in [5.41, 5.74) is 0.174. The number of hydrogen-bond acceptors (Lipinski definition) is 4. The van der Waals surface area contributed by atoms with Crippen LogP contribution in [0.25, 0.3) is 0 Å². The van der Waals surface area contributed by atoms with Crippen LogP contribution in [-0.4, -0.2) is 40.8 Å². The second kappa shape index (κ2) is 7.40. The van der Waals surface area contributed by atoms with Gasteiger partial charge in [-0.15, -0.1) is 0 Å². The largest absolute Gasteiger partial charge is 1.00 e. The van der Waals surface area contributed by atoms with E-state index >= 15 is 0 Å². The number of hydrogen-bond donors (Lipinski definition) is 2. The first kappa shape index (κ1) is 22.4. The molecule has 0 aromatic heterocycles. The molecule has 1 saturated heterocycles. The first-order valence-corrected chi connectivity index (χ1v) is 11.2. The molecule has 3 saturated carbocycles. The molecule has 0 aromatic carbocycles. The molecule has 0 aromatic rings. The number of aliphatic carboxylic acids is 1. The van der Waals surface area contributed by atoms with Crippen molar-refractivity contribution in [2.45, 2.75) is 76.6 Å². The summed E-state index contributed by atoms with van der Waals surface area (Å²) in [6.07, 6.45) is 9.90. The Morgan fingerprint density at radius 3 is 2.53 bits per heavy atom. The van der Waals surface area contributed by atoms with Gasteiger partial charge in [-0.1, -0.05) is 31.4 Å². The van der Waals surface area contributed by atoms with E-state index in [1.54, 1.807) is 0 Å². The maximum absolute atomic E-state index is 11.3. The zero-order valence-electron chi connectivity index (χ0n) is 19.5. The first-order chi connectivity index (χ1) is 13.7. The molecule has 5 nitrogen and oxygen atoms in total. The summed E-state index contributed by atoms with van der Waals surface area (Å²) in [4.78, 5) is 11.0. The third-order valence-electron chi connectivity index (χ3n) is 9.45. The Bertz CT molecular complexity index is 828. The second-order valence-electron chi connectivity index (χ2n) is 10.5. The molecule has 6 atom stereocenters. The molecule has 5 rings (SSSR count). The van der Waals surface area contributed by atoms with Crippen LogP contribution in [0.5, 0.6) is 0 Å². The SMILES string of the molecule is C[C@]12CCC3(CC1=CC[C@@H]1[C@@H]2CC[C@@]2(C)[C@H]1CC[C@@]2(O)C#CC(=O)O)OCCO3.[H-].[Li+]. The molecule has 30 heavy (non-hydrogen) atoms. The number of ether oxygens (including phenoxy) is 2. The Morgan fingerprint density at radius 1 is 1.13 bits per heavy atom. The fourth-order valence-electron chi connectivity index (χ4n) is 7.73. The molecule has 0 radical (unpaired) electrons. The normalized spacial score (nSPS) is 45.8. The Kier molecular flexibility index (Phi) is 5.53. The van der Waals surface area contributed by atoms with Crippen molar-refractivity contribution in [1.82, 2.24) is 0 Å². The third-order valence-corrected chi connectivity index (χ3v) is 9.45. The zero-order valence-corrected chi connectivity index (χ0v) is 18.5. The topological polar surface area (TPSA) is 76.0 Å². The Morgan fingerprint density at radius 2 is 1.83 bits per heavy atom. The molecule has 5 aliphatic rings. The van der Waals surface area contributed by atoms with Crippen LogP contribution in [0, 0.1) is 40.4 Å². The van der Waals surface area contributed by atoms with Crippen LogP contribution in [-0.2, 0) is 14.3 Å². The molecular formula is C24H33LiO5. The monoisotopic (exact) mass is 408 g/mol. The van der Waals surface area contributed by atoms with Crippen molar-refractivity contribution in [2.24, 2.45) is 28.6 Å². The van der Waals surface area contributed by atoms with Crippen LogP contribution >= 0.6 is 0 Å². The third kappa shape index (κ3) is 3.07. The summed E-state index contributed by atoms with van der Waals surface area (Å²) in [5.74, 6) is 4.94. The average molecular weight is 408 g/mol. The summed E-state index contributed by atoms with van der Waals surface area (Å²) in [6.45, 7) is 5.99. The van der Waals surface area contributed by atoms with Crippen LogP contribution in [0.1, 0.15) is 66.6 Å². The molecule has 0 unspecified atom stereocenters. The molecule has 1 aliphatic heterocycles. The van der Waals surface area contributed by atoms with Crippen LogP contribution in [0.15, 0.2) is 11.6 Å². The van der Waals surface area contributed by atoms with E-state index in [0.29, 0.717) is 37.4 Å². The summed E-state index contributed by atoms with van der Waals surface area (Å²) in [7, 11) is 0. The summed E-state index contributed by atoms with van der Waals surface area (Å²) in [5, 5.41) is 20.3. The van der Waals surface area contributed by atoms with Crippen molar-refractivity contribution in [3.63, 3.8) is 0 Å². The quantitative estimate of drug-likeness (QED) is 0.349. The van der Waals surface area contributed by atoms with E-state index in [2.05, 4.69) is 31.8 Å². The number of aliphatic hydroxyl groups is 1. The number of carboxylic acid groups (broad SMARTS) is 1. The fourth-order valence-corrected chi connectivity index (χ4v) is 7.73. The molecule has 1 spiro atoms. The minimum absolute atomic E-state index is 0. The van der Waals surface area contributed by atoms with Gasteiger partial charge in [0.1, 0.15) is 5.60 Å². The van der Waals surface area contributed by atoms with E-state index in [1.807, 2.05) is 0 Å². The van der Waals surface area contributed by atoms with Crippen molar-refractivity contribution >= 4 is 5.97 Å². The van der Waals surface area contributed by atoms with Gasteiger partial charge in [-0.05, 0) is 61.7 Å². The van der Waals surface area contributed by atoms with Crippen molar-refractivity contribution in [1.29, 1.82) is 0 Å². The smallest absolute Gasteiger partial charge is 1.00 e. The van der Waals surface area contributed by atoms with Crippen molar-refractivity contribution in [3.05, 3.63) is 11.6 Å². The van der Waals surface area contributed by atoms with E-state index in [0.717, 1.165) is 44.9 Å². The van der Waals surface area contributed by atoms with Crippen molar-refractivity contribution < 1.29 is 44.8 Å². The minimum atomic E-state index is -1.19. The van der Waals surface area contributed by atoms with Gasteiger partial charge in [0, 0.05) is 24.2 Å². The Labute approximate surface area is 192 Å². The Balaban J connectivity index is 0.00000136. The average Bonchev–Trinajstić information content (AvgIpc) is 3.24. The molecule has 4 aliphatic carbocycles. The van der Waals surface area contributed by atoms with Gasteiger partial charge in [0.2, 0.25) is 0 Å². The van der Waals surface area contributed by atoms with E-state index in [-0.39, 0.29) is 36.9 Å². The van der Waals surface area contributed by atoms with Gasteiger partial charge in [-0.3, -0.25) is 0 Å². The number of carboxylic acids is 1. The number of carbonyl (C=O) groups is 1. The van der Waals surface area contributed by atoms with Gasteiger partial charge in [-0.25, -0.2) is 4.79 Å². The molecule has 4 fully saturated rings. The van der Waals surface area contributed by atoms with E-state index in [9.17, 15) is 9.90 Å². The minimum Gasteiger partial charge on any atom is -1.00 e. The van der Waals surface area contributed by atoms with Gasteiger partial charge < -0.3 is 21.1 Å². The van der Waals surface area contributed by atoms with Gasteiger partial charge >= 0.3 is 24.8 Å². The van der Waals surface area contributed by atoms with Crippen LogP contribution in [0.2, 0.25) is 0 Å². The molecule has 6 heteroatoms. The van der Waals surface area contributed by atoms with E-state index in [1.165, 1.54) is 5.57 Å². The number of fused-ring (bicyclic) bond motifs is 5. The molecular weight excluding hydrogens is 375 g/mol. The maximum Gasteiger partial charge on any atom is 1.00 e. The molecule has 1 heterocycles. The van der Waals surface area contributed by atoms with Gasteiger partial charge in [0.25, 0.3) is 0 Å².